The molecule has 0 aliphatic heterocycles. The number of anilines is 1. The van der Waals surface area contributed by atoms with Gasteiger partial charge in [-0.2, -0.15) is 0 Å². The Morgan fingerprint density at radius 3 is 2.28 bits per heavy atom. The summed E-state index contributed by atoms with van der Waals surface area (Å²) in [5.74, 6) is 0.827. The fourth-order valence-corrected chi connectivity index (χ4v) is 3.30. The summed E-state index contributed by atoms with van der Waals surface area (Å²) in [7, 11) is 1.92. The molecule has 5 nitrogen and oxygen atoms in total. The Morgan fingerprint density at radius 1 is 1.00 bits per heavy atom. The van der Waals surface area contributed by atoms with Crippen molar-refractivity contribution in [2.45, 2.75) is 48.1 Å². The molecule has 0 fully saturated rings. The van der Waals surface area contributed by atoms with Crippen LogP contribution in [0.15, 0.2) is 53.3 Å². The zero-order chi connectivity index (χ0) is 21.4. The molecule has 2 aromatic carbocycles. The van der Waals surface area contributed by atoms with Gasteiger partial charge < -0.3 is 14.4 Å². The van der Waals surface area contributed by atoms with Crippen molar-refractivity contribution in [1.29, 1.82) is 0 Å². The van der Waals surface area contributed by atoms with E-state index in [1.54, 1.807) is 0 Å². The van der Waals surface area contributed by atoms with Crippen LogP contribution in [-0.2, 0) is 6.54 Å². The molecule has 0 aliphatic rings. The van der Waals surface area contributed by atoms with Gasteiger partial charge in [0.05, 0.1) is 23.2 Å². The number of rotatable bonds is 4. The van der Waals surface area contributed by atoms with Crippen molar-refractivity contribution in [3.8, 4) is 11.1 Å². The molecule has 2 heterocycles. The molecule has 0 atom stereocenters. The van der Waals surface area contributed by atoms with Gasteiger partial charge in [-0.3, -0.25) is 0 Å². The number of hydrogen-bond acceptors (Lipinski definition) is 4. The van der Waals surface area contributed by atoms with Crippen LogP contribution in [0.25, 0.3) is 22.2 Å². The molecule has 0 aliphatic carbocycles. The second-order valence-electron chi connectivity index (χ2n) is 6.20. The number of nitrogens with zero attached hydrogens (tertiary/aromatic N) is 3. The Labute approximate surface area is 173 Å². The second kappa shape index (κ2) is 10.5. The van der Waals surface area contributed by atoms with E-state index in [2.05, 4.69) is 56.4 Å². The SMILES string of the molecule is CC.CC.CNc1cc(-c2c(C)noc2C)cc2c1ncn2Cc1ccccc1. The molecule has 0 radical (unpaired) electrons. The Kier molecular flexibility index (Phi) is 8.01. The second-order valence-corrected chi connectivity index (χ2v) is 6.20. The predicted octanol–water partition coefficient (Wildman–Crippen LogP) is 6.45. The maximum Gasteiger partial charge on any atom is 0.141 e. The van der Waals surface area contributed by atoms with Gasteiger partial charge in [-0.05, 0) is 37.1 Å². The molecule has 0 spiro atoms. The van der Waals surface area contributed by atoms with Crippen molar-refractivity contribution in [1.82, 2.24) is 14.7 Å². The van der Waals surface area contributed by atoms with Gasteiger partial charge >= 0.3 is 0 Å². The zero-order valence-electron chi connectivity index (χ0n) is 18.6. The number of benzene rings is 2. The summed E-state index contributed by atoms with van der Waals surface area (Å²) in [5.41, 5.74) is 7.33. The normalized spacial score (nSPS) is 10.0. The van der Waals surface area contributed by atoms with Crippen LogP contribution in [0.1, 0.15) is 44.7 Å². The van der Waals surface area contributed by atoms with Crippen molar-refractivity contribution in [2.75, 3.05) is 12.4 Å². The molecule has 0 unspecified atom stereocenters. The average Bonchev–Trinajstić information content (AvgIpc) is 3.33. The Morgan fingerprint density at radius 2 is 1.69 bits per heavy atom. The number of hydrogen-bond donors (Lipinski definition) is 1. The van der Waals surface area contributed by atoms with Gasteiger partial charge in [-0.15, -0.1) is 0 Å². The quantitative estimate of drug-likeness (QED) is 0.433. The molecule has 0 saturated carbocycles. The van der Waals surface area contributed by atoms with Crippen molar-refractivity contribution in [2.24, 2.45) is 0 Å². The molecular weight excluding hydrogens is 360 g/mol. The molecular formula is C24H32N4O. The number of aryl methyl sites for hydroxylation is 2. The van der Waals surface area contributed by atoms with Crippen LogP contribution in [0.3, 0.4) is 0 Å². The molecule has 4 rings (SSSR count). The van der Waals surface area contributed by atoms with E-state index in [9.17, 15) is 0 Å². The maximum absolute atomic E-state index is 5.35. The monoisotopic (exact) mass is 392 g/mol. The summed E-state index contributed by atoms with van der Waals surface area (Å²) >= 11 is 0. The average molecular weight is 393 g/mol. The highest BCUT2D eigenvalue weighted by Crippen LogP contribution is 2.33. The first-order valence-corrected chi connectivity index (χ1v) is 10.3. The van der Waals surface area contributed by atoms with Gasteiger partial charge in [0.2, 0.25) is 0 Å². The smallest absolute Gasteiger partial charge is 0.141 e. The van der Waals surface area contributed by atoms with Crippen LogP contribution in [-0.4, -0.2) is 21.8 Å². The highest BCUT2D eigenvalue weighted by Gasteiger charge is 2.16. The standard InChI is InChI=1S/C20H20N4O.2C2H6/c1-13-19(14(2)25-23-13)16-9-17(21-3)20-18(10-16)24(12-22-20)11-15-7-5-4-6-8-15;2*1-2/h4-10,12,21H,11H2,1-3H3;2*1-2H3. The van der Waals surface area contributed by atoms with Crippen LogP contribution < -0.4 is 5.32 Å². The van der Waals surface area contributed by atoms with Gasteiger partial charge in [0.15, 0.2) is 0 Å². The first-order chi connectivity index (χ1) is 14.2. The molecule has 0 bridgehead atoms. The molecule has 2 aromatic heterocycles. The largest absolute Gasteiger partial charge is 0.386 e. The lowest BCUT2D eigenvalue weighted by atomic mass is 10.0. The minimum atomic E-state index is 0.783. The fourth-order valence-electron chi connectivity index (χ4n) is 3.30. The van der Waals surface area contributed by atoms with Gasteiger partial charge in [-0.1, -0.05) is 63.2 Å². The zero-order valence-corrected chi connectivity index (χ0v) is 18.6. The Bertz CT molecular complexity index is 1010. The third-order valence-corrected chi connectivity index (χ3v) is 4.51. The minimum absolute atomic E-state index is 0.783. The fraction of sp³-hybridized carbons (Fsp3) is 0.333. The lowest BCUT2D eigenvalue weighted by molar-refractivity contribution is 0.393. The Hall–Kier alpha value is -3.08. The third kappa shape index (κ3) is 4.67. The summed E-state index contributed by atoms with van der Waals surface area (Å²) in [6, 6.07) is 14.7. The molecule has 29 heavy (non-hydrogen) atoms. The Balaban J connectivity index is 0.000000707. The van der Waals surface area contributed by atoms with Crippen molar-refractivity contribution in [3.05, 3.63) is 65.8 Å². The first kappa shape index (κ1) is 22.2. The van der Waals surface area contributed by atoms with E-state index < -0.39 is 0 Å². The lowest BCUT2D eigenvalue weighted by Gasteiger charge is -2.09. The van der Waals surface area contributed by atoms with E-state index in [4.69, 9.17) is 4.52 Å². The van der Waals surface area contributed by atoms with Crippen molar-refractivity contribution < 1.29 is 4.52 Å². The molecule has 5 heteroatoms. The third-order valence-electron chi connectivity index (χ3n) is 4.51. The van der Waals surface area contributed by atoms with E-state index in [1.165, 1.54) is 5.56 Å². The molecule has 0 saturated heterocycles. The van der Waals surface area contributed by atoms with E-state index >= 15 is 0 Å². The van der Waals surface area contributed by atoms with Crippen molar-refractivity contribution in [3.63, 3.8) is 0 Å². The first-order valence-electron chi connectivity index (χ1n) is 10.3. The predicted molar refractivity (Wildman–Crippen MR) is 122 cm³/mol. The minimum Gasteiger partial charge on any atom is -0.386 e. The maximum atomic E-state index is 5.35. The van der Waals surface area contributed by atoms with Gasteiger partial charge in [-0.25, -0.2) is 4.98 Å². The van der Waals surface area contributed by atoms with Crippen LogP contribution in [0.2, 0.25) is 0 Å². The van der Waals surface area contributed by atoms with Crippen LogP contribution in [0.5, 0.6) is 0 Å². The number of nitrogens with one attached hydrogen (secondary N) is 1. The van der Waals surface area contributed by atoms with Crippen molar-refractivity contribution >= 4 is 16.7 Å². The molecule has 154 valence electrons. The van der Waals surface area contributed by atoms with Crippen LogP contribution >= 0.6 is 0 Å². The van der Waals surface area contributed by atoms with E-state index in [-0.39, 0.29) is 0 Å². The van der Waals surface area contributed by atoms with E-state index in [0.717, 1.165) is 45.8 Å². The molecule has 1 N–H and O–H groups in total. The highest BCUT2D eigenvalue weighted by atomic mass is 16.5. The summed E-state index contributed by atoms with van der Waals surface area (Å²) in [6.07, 6.45) is 1.90. The molecule has 4 aromatic rings. The summed E-state index contributed by atoms with van der Waals surface area (Å²) in [6.45, 7) is 12.7. The van der Waals surface area contributed by atoms with Gasteiger partial charge in [0.25, 0.3) is 0 Å². The van der Waals surface area contributed by atoms with E-state index in [0.29, 0.717) is 0 Å². The lowest BCUT2D eigenvalue weighted by Crippen LogP contribution is -1.98. The van der Waals surface area contributed by atoms with Gasteiger partial charge in [0, 0.05) is 19.2 Å². The van der Waals surface area contributed by atoms with E-state index in [1.807, 2.05) is 61.0 Å². The topological polar surface area (TPSA) is 55.9 Å². The number of fused-ring (bicyclic) bond motifs is 1. The molecule has 0 amide bonds. The summed E-state index contributed by atoms with van der Waals surface area (Å²) in [4.78, 5) is 4.61. The summed E-state index contributed by atoms with van der Waals surface area (Å²) < 4.78 is 7.52. The van der Waals surface area contributed by atoms with Crippen LogP contribution in [0.4, 0.5) is 5.69 Å². The van der Waals surface area contributed by atoms with Crippen LogP contribution in [0, 0.1) is 13.8 Å². The number of aromatic nitrogens is 3. The van der Waals surface area contributed by atoms with Gasteiger partial charge in [0.1, 0.15) is 11.3 Å². The summed E-state index contributed by atoms with van der Waals surface area (Å²) in [5, 5.41) is 7.35. The highest BCUT2D eigenvalue weighted by molar-refractivity contribution is 5.93. The number of imidazole rings is 1.